The second-order valence-electron chi connectivity index (χ2n) is 2.72. The highest BCUT2D eigenvalue weighted by Crippen LogP contribution is 2.03. The van der Waals surface area contributed by atoms with Gasteiger partial charge in [-0.1, -0.05) is 0 Å². The van der Waals surface area contributed by atoms with Crippen LogP contribution in [0, 0.1) is 10.1 Å². The number of carbonyl (C=O) groups excluding carboxylic acids is 1. The Morgan fingerprint density at radius 1 is 1.67 bits per heavy atom. The Labute approximate surface area is 83.8 Å². The number of methoxy groups -OCH3 is 1. The Morgan fingerprint density at radius 3 is 2.80 bits per heavy atom. The van der Waals surface area contributed by atoms with E-state index in [0.29, 0.717) is 0 Å². The van der Waals surface area contributed by atoms with Crippen LogP contribution in [0.15, 0.2) is 17.1 Å². The van der Waals surface area contributed by atoms with Gasteiger partial charge < -0.3 is 14.9 Å². The van der Waals surface area contributed by atoms with Crippen molar-refractivity contribution in [1.82, 2.24) is 4.98 Å². The fraction of sp³-hybridized carbons (Fsp3) is 0.250. The van der Waals surface area contributed by atoms with Gasteiger partial charge in [-0.2, -0.15) is 0 Å². The standard InChI is InChI=1S/C8H8N2O5/c1-15-8(12)2-5-4-9-7(10(13)14)3-6(5)11/h3-4H,2H2,1H3,(H,9,11). The lowest BCUT2D eigenvalue weighted by molar-refractivity contribution is -0.389. The van der Waals surface area contributed by atoms with Gasteiger partial charge >= 0.3 is 11.8 Å². The molecular formula is C8H8N2O5. The number of nitrogens with zero attached hydrogens (tertiary/aromatic N) is 1. The lowest BCUT2D eigenvalue weighted by Crippen LogP contribution is -2.15. The monoisotopic (exact) mass is 212 g/mol. The number of esters is 1. The fourth-order valence-electron chi connectivity index (χ4n) is 0.962. The van der Waals surface area contributed by atoms with Crippen LogP contribution in [-0.4, -0.2) is 23.0 Å². The molecule has 0 aliphatic heterocycles. The lowest BCUT2D eigenvalue weighted by atomic mass is 10.2. The van der Waals surface area contributed by atoms with Gasteiger partial charge in [0.25, 0.3) is 0 Å². The second-order valence-corrected chi connectivity index (χ2v) is 2.72. The average molecular weight is 212 g/mol. The predicted octanol–water partition coefficient (Wildman–Crippen LogP) is -0.00140. The molecule has 7 heteroatoms. The van der Waals surface area contributed by atoms with Crippen LogP contribution >= 0.6 is 0 Å². The van der Waals surface area contributed by atoms with E-state index in [1.165, 1.54) is 7.11 Å². The van der Waals surface area contributed by atoms with Gasteiger partial charge in [0, 0.05) is 5.56 Å². The molecule has 0 unspecified atom stereocenters. The number of hydrogen-bond donors (Lipinski definition) is 1. The third-order valence-corrected chi connectivity index (χ3v) is 1.74. The quantitative estimate of drug-likeness (QED) is 0.431. The normalized spacial score (nSPS) is 9.67. The summed E-state index contributed by atoms with van der Waals surface area (Å²) in [6.07, 6.45) is 0.932. The number of aromatic amines is 1. The minimum absolute atomic E-state index is 0.132. The van der Waals surface area contributed by atoms with Crippen molar-refractivity contribution in [2.45, 2.75) is 6.42 Å². The Bertz CT molecular complexity index is 451. The van der Waals surface area contributed by atoms with E-state index in [-0.39, 0.29) is 12.0 Å². The van der Waals surface area contributed by atoms with E-state index >= 15 is 0 Å². The molecule has 0 saturated carbocycles. The fourth-order valence-corrected chi connectivity index (χ4v) is 0.962. The number of H-pyrrole nitrogens is 1. The summed E-state index contributed by atoms with van der Waals surface area (Å²) in [5.74, 6) is -0.983. The van der Waals surface area contributed by atoms with Crippen molar-refractivity contribution in [1.29, 1.82) is 0 Å². The molecule has 1 aromatic rings. The zero-order chi connectivity index (χ0) is 11.4. The second kappa shape index (κ2) is 4.36. The minimum Gasteiger partial charge on any atom is -0.469 e. The van der Waals surface area contributed by atoms with Crippen LogP contribution in [0.5, 0.6) is 0 Å². The summed E-state index contributed by atoms with van der Waals surface area (Å²) in [5, 5.41) is 10.3. The average Bonchev–Trinajstić information content (AvgIpc) is 2.20. The first-order chi connectivity index (χ1) is 7.04. The Hall–Kier alpha value is -2.18. The van der Waals surface area contributed by atoms with E-state index in [0.717, 1.165) is 12.3 Å². The molecule has 0 fully saturated rings. The van der Waals surface area contributed by atoms with Gasteiger partial charge in [0.05, 0.1) is 25.8 Å². The summed E-state index contributed by atoms with van der Waals surface area (Å²) < 4.78 is 4.36. The van der Waals surface area contributed by atoms with Crippen molar-refractivity contribution in [2.24, 2.45) is 0 Å². The highest BCUT2D eigenvalue weighted by atomic mass is 16.6. The summed E-state index contributed by atoms with van der Waals surface area (Å²) >= 11 is 0. The largest absolute Gasteiger partial charge is 0.469 e. The number of aromatic nitrogens is 1. The molecule has 1 aromatic heterocycles. The zero-order valence-electron chi connectivity index (χ0n) is 7.85. The maximum atomic E-state index is 11.3. The number of rotatable bonds is 3. The molecule has 0 amide bonds. The molecule has 0 aromatic carbocycles. The third-order valence-electron chi connectivity index (χ3n) is 1.74. The molecule has 80 valence electrons. The summed E-state index contributed by atoms with van der Waals surface area (Å²) in [5.41, 5.74) is -0.432. The molecule has 0 aliphatic carbocycles. The van der Waals surface area contributed by atoms with Crippen molar-refractivity contribution in [2.75, 3.05) is 7.11 Å². The number of hydrogen-bond acceptors (Lipinski definition) is 5. The van der Waals surface area contributed by atoms with Gasteiger partial charge in [-0.3, -0.25) is 9.59 Å². The maximum absolute atomic E-state index is 11.3. The van der Waals surface area contributed by atoms with E-state index in [2.05, 4.69) is 9.72 Å². The molecule has 1 heterocycles. The number of carbonyl (C=O) groups is 1. The third kappa shape index (κ3) is 2.63. The number of ether oxygens (including phenoxy) is 1. The van der Waals surface area contributed by atoms with Crippen LogP contribution in [0.4, 0.5) is 5.82 Å². The molecule has 0 saturated heterocycles. The van der Waals surface area contributed by atoms with Crippen LogP contribution in [0.25, 0.3) is 0 Å². The van der Waals surface area contributed by atoms with Crippen molar-refractivity contribution in [3.05, 3.63) is 38.2 Å². The van der Waals surface area contributed by atoms with E-state index in [1.807, 2.05) is 0 Å². The maximum Gasteiger partial charge on any atom is 0.324 e. The van der Waals surface area contributed by atoms with Gasteiger partial charge in [0.2, 0.25) is 0 Å². The Balaban J connectivity index is 2.99. The summed E-state index contributed by atoms with van der Waals surface area (Å²) in [6, 6.07) is 0.832. The van der Waals surface area contributed by atoms with Crippen LogP contribution in [0.1, 0.15) is 5.56 Å². The Kier molecular flexibility index (Phi) is 3.17. The number of pyridine rings is 1. The Morgan fingerprint density at radius 2 is 2.33 bits per heavy atom. The van der Waals surface area contributed by atoms with Crippen LogP contribution in [-0.2, 0) is 16.0 Å². The molecule has 7 nitrogen and oxygen atoms in total. The lowest BCUT2D eigenvalue weighted by Gasteiger charge is -1.98. The minimum atomic E-state index is -0.719. The molecule has 1 N–H and O–H groups in total. The summed E-state index contributed by atoms with van der Waals surface area (Å²) in [4.78, 5) is 34.0. The van der Waals surface area contributed by atoms with Gasteiger partial charge in [-0.05, 0) is 4.92 Å². The van der Waals surface area contributed by atoms with Crippen LogP contribution < -0.4 is 5.43 Å². The number of nitrogens with one attached hydrogen (secondary N) is 1. The molecule has 0 aliphatic rings. The smallest absolute Gasteiger partial charge is 0.324 e. The van der Waals surface area contributed by atoms with E-state index in [4.69, 9.17) is 0 Å². The molecular weight excluding hydrogens is 204 g/mol. The first-order valence-electron chi connectivity index (χ1n) is 3.97. The molecule has 0 bridgehead atoms. The van der Waals surface area contributed by atoms with Crippen molar-refractivity contribution in [3.63, 3.8) is 0 Å². The van der Waals surface area contributed by atoms with Crippen LogP contribution in [0.2, 0.25) is 0 Å². The van der Waals surface area contributed by atoms with Crippen LogP contribution in [0.3, 0.4) is 0 Å². The topological polar surface area (TPSA) is 102 Å². The van der Waals surface area contributed by atoms with Gasteiger partial charge in [0.1, 0.15) is 0 Å². The highest BCUT2D eigenvalue weighted by molar-refractivity contribution is 5.72. The molecule has 0 atom stereocenters. The molecule has 1 rings (SSSR count). The van der Waals surface area contributed by atoms with Crippen molar-refractivity contribution < 1.29 is 14.5 Å². The van der Waals surface area contributed by atoms with E-state index < -0.39 is 22.1 Å². The molecule has 0 radical (unpaired) electrons. The zero-order valence-corrected chi connectivity index (χ0v) is 7.85. The highest BCUT2D eigenvalue weighted by Gasteiger charge is 2.11. The summed E-state index contributed by atoms with van der Waals surface area (Å²) in [7, 11) is 1.20. The van der Waals surface area contributed by atoms with Gasteiger partial charge in [0.15, 0.2) is 5.43 Å². The predicted molar refractivity (Wildman–Crippen MR) is 49.4 cm³/mol. The number of nitro groups is 1. The first-order valence-corrected chi connectivity index (χ1v) is 3.97. The molecule has 0 spiro atoms. The van der Waals surface area contributed by atoms with E-state index in [1.54, 1.807) is 0 Å². The molecule has 15 heavy (non-hydrogen) atoms. The van der Waals surface area contributed by atoms with Gasteiger partial charge in [-0.25, -0.2) is 4.98 Å². The van der Waals surface area contributed by atoms with Crippen molar-refractivity contribution >= 4 is 11.8 Å². The summed E-state index contributed by atoms with van der Waals surface area (Å²) in [6.45, 7) is 0. The van der Waals surface area contributed by atoms with Crippen molar-refractivity contribution in [3.8, 4) is 0 Å². The van der Waals surface area contributed by atoms with Gasteiger partial charge in [-0.15, -0.1) is 0 Å². The van der Waals surface area contributed by atoms with E-state index in [9.17, 15) is 19.7 Å². The first kappa shape index (κ1) is 10.9. The SMILES string of the molecule is COC(=O)Cc1c[nH]c([N+](=O)[O-])cc1=O.